The van der Waals surface area contributed by atoms with Gasteiger partial charge in [-0.25, -0.2) is 4.98 Å². The molecule has 1 aliphatic rings. The van der Waals surface area contributed by atoms with Gasteiger partial charge in [0, 0.05) is 50.7 Å². The van der Waals surface area contributed by atoms with E-state index in [0.717, 1.165) is 43.4 Å². The van der Waals surface area contributed by atoms with Crippen LogP contribution in [0.15, 0.2) is 60.9 Å². The van der Waals surface area contributed by atoms with Crippen molar-refractivity contribution in [1.29, 1.82) is 0 Å². The van der Waals surface area contributed by atoms with Crippen molar-refractivity contribution in [2.45, 2.75) is 32.0 Å². The van der Waals surface area contributed by atoms with Crippen LogP contribution in [0.1, 0.15) is 17.8 Å². The second-order valence-electron chi connectivity index (χ2n) is 8.91. The van der Waals surface area contributed by atoms with Gasteiger partial charge in [-0.05, 0) is 49.2 Å². The van der Waals surface area contributed by atoms with E-state index in [-0.39, 0.29) is 0 Å². The smallest absolute Gasteiger partial charge is 0.137 e. The molecule has 4 rings (SSSR count). The van der Waals surface area contributed by atoms with Crippen LogP contribution in [0.3, 0.4) is 0 Å². The lowest BCUT2D eigenvalue weighted by molar-refractivity contribution is -0.0925. The molecule has 0 saturated carbocycles. The molecule has 0 radical (unpaired) electrons. The van der Waals surface area contributed by atoms with Crippen molar-refractivity contribution < 1.29 is 18.9 Å². The van der Waals surface area contributed by atoms with Crippen molar-refractivity contribution in [3.05, 3.63) is 77.3 Å². The summed E-state index contributed by atoms with van der Waals surface area (Å²) in [4.78, 5) is 6.60. The van der Waals surface area contributed by atoms with Crippen molar-refractivity contribution in [3.63, 3.8) is 0 Å². The van der Waals surface area contributed by atoms with E-state index in [4.69, 9.17) is 30.5 Å². The van der Waals surface area contributed by atoms with E-state index in [2.05, 4.69) is 26.6 Å². The minimum Gasteiger partial charge on any atom is -0.494 e. The maximum atomic E-state index is 6.09. The molecule has 8 heteroatoms. The van der Waals surface area contributed by atoms with Crippen LogP contribution >= 0.6 is 11.6 Å². The molecular formula is C27H34ClN3O4. The minimum atomic E-state index is -0.560. The van der Waals surface area contributed by atoms with E-state index >= 15 is 0 Å². The van der Waals surface area contributed by atoms with E-state index in [1.165, 1.54) is 5.56 Å². The molecule has 3 aromatic rings. The van der Waals surface area contributed by atoms with Crippen LogP contribution in [0.25, 0.3) is 0 Å². The van der Waals surface area contributed by atoms with Gasteiger partial charge in [0.1, 0.15) is 29.5 Å². The van der Waals surface area contributed by atoms with Gasteiger partial charge in [0.05, 0.1) is 19.8 Å². The molecule has 0 unspecified atom stereocenters. The van der Waals surface area contributed by atoms with Gasteiger partial charge in [0.25, 0.3) is 0 Å². The molecule has 0 aliphatic carbocycles. The van der Waals surface area contributed by atoms with Crippen molar-refractivity contribution >= 4 is 11.6 Å². The van der Waals surface area contributed by atoms with Crippen molar-refractivity contribution in [2.75, 3.05) is 46.6 Å². The van der Waals surface area contributed by atoms with E-state index < -0.39 is 5.60 Å². The van der Waals surface area contributed by atoms with Crippen LogP contribution < -0.4 is 9.47 Å². The van der Waals surface area contributed by atoms with Gasteiger partial charge in [-0.15, -0.1) is 0 Å². The number of nitrogens with zero attached hydrogens (tertiary/aromatic N) is 3. The monoisotopic (exact) mass is 499 g/mol. The van der Waals surface area contributed by atoms with Crippen molar-refractivity contribution in [2.24, 2.45) is 0 Å². The lowest BCUT2D eigenvalue weighted by Crippen LogP contribution is -2.50. The number of rotatable bonds is 11. The SMILES string of the molecule is CO[C@@]1(COc2cccc(Cl)c2)COCCN(Cc2ccc(OCCCn3ccnc3C)cc2)C1. The van der Waals surface area contributed by atoms with Crippen molar-refractivity contribution in [1.82, 2.24) is 14.5 Å². The Hall–Kier alpha value is -2.58. The third-order valence-electron chi connectivity index (χ3n) is 6.22. The molecule has 0 amide bonds. The summed E-state index contributed by atoms with van der Waals surface area (Å²) >= 11 is 6.09. The Morgan fingerprint density at radius 1 is 1.11 bits per heavy atom. The van der Waals surface area contributed by atoms with Gasteiger partial charge < -0.3 is 23.5 Å². The standard InChI is InChI=1S/C27H34ClN3O4/c1-22-29-11-13-31(22)12-4-15-34-25-9-7-23(8-10-25)18-30-14-16-33-20-27(19-30,32-2)21-35-26-6-3-5-24(28)17-26/h3,5-11,13,17H,4,12,14-16,18-21H2,1-2H3/t27-/m1/s1. The molecule has 0 spiro atoms. The highest BCUT2D eigenvalue weighted by atomic mass is 35.5. The Morgan fingerprint density at radius 2 is 1.97 bits per heavy atom. The Kier molecular flexibility index (Phi) is 9.04. The first-order valence-corrected chi connectivity index (χ1v) is 12.4. The molecule has 7 nitrogen and oxygen atoms in total. The highest BCUT2D eigenvalue weighted by Gasteiger charge is 2.36. The van der Waals surface area contributed by atoms with Gasteiger partial charge in [0.2, 0.25) is 0 Å². The van der Waals surface area contributed by atoms with E-state index in [1.807, 2.05) is 55.7 Å². The predicted molar refractivity (Wildman–Crippen MR) is 136 cm³/mol. The number of halogens is 1. The average molecular weight is 500 g/mol. The zero-order valence-electron chi connectivity index (χ0n) is 20.5. The number of hydrogen-bond donors (Lipinski definition) is 0. The number of aryl methyl sites for hydroxylation is 2. The van der Waals surface area contributed by atoms with Crippen LogP contribution in [-0.2, 0) is 22.6 Å². The van der Waals surface area contributed by atoms with Gasteiger partial charge in [0.15, 0.2) is 0 Å². The molecule has 1 aliphatic heterocycles. The topological polar surface area (TPSA) is 58.0 Å². The molecule has 2 heterocycles. The van der Waals surface area contributed by atoms with Crippen molar-refractivity contribution in [3.8, 4) is 11.5 Å². The lowest BCUT2D eigenvalue weighted by atomic mass is 10.1. The van der Waals surface area contributed by atoms with Crippen LogP contribution in [0.4, 0.5) is 0 Å². The first-order chi connectivity index (χ1) is 17.0. The summed E-state index contributed by atoms with van der Waals surface area (Å²) in [6, 6.07) is 15.7. The number of methoxy groups -OCH3 is 1. The molecule has 35 heavy (non-hydrogen) atoms. The number of benzene rings is 2. The number of aromatic nitrogens is 2. The van der Waals surface area contributed by atoms with Crippen LogP contribution in [0.5, 0.6) is 11.5 Å². The van der Waals surface area contributed by atoms with E-state index in [1.54, 1.807) is 7.11 Å². The Balaban J connectivity index is 1.28. The van der Waals surface area contributed by atoms with E-state index in [0.29, 0.717) is 38.0 Å². The first-order valence-electron chi connectivity index (χ1n) is 12.0. The summed E-state index contributed by atoms with van der Waals surface area (Å²) in [6.07, 6.45) is 4.76. The number of imidazole rings is 1. The maximum absolute atomic E-state index is 6.09. The quantitative estimate of drug-likeness (QED) is 0.359. The molecule has 1 fully saturated rings. The second kappa shape index (κ2) is 12.4. The fourth-order valence-corrected chi connectivity index (χ4v) is 4.35. The summed E-state index contributed by atoms with van der Waals surface area (Å²) in [5.41, 5.74) is 0.657. The molecule has 0 bridgehead atoms. The van der Waals surface area contributed by atoms with Gasteiger partial charge in [-0.3, -0.25) is 4.90 Å². The van der Waals surface area contributed by atoms with Gasteiger partial charge in [-0.1, -0.05) is 29.8 Å². The van der Waals surface area contributed by atoms with Crippen LogP contribution in [-0.4, -0.2) is 66.7 Å². The molecule has 188 valence electrons. The Morgan fingerprint density at radius 3 is 2.71 bits per heavy atom. The zero-order chi connectivity index (χ0) is 24.5. The van der Waals surface area contributed by atoms with Crippen LogP contribution in [0.2, 0.25) is 5.02 Å². The molecule has 1 saturated heterocycles. The molecule has 2 aromatic carbocycles. The maximum Gasteiger partial charge on any atom is 0.137 e. The average Bonchev–Trinajstić information content (AvgIpc) is 3.16. The summed E-state index contributed by atoms with van der Waals surface area (Å²) in [6.45, 7) is 7.43. The fourth-order valence-electron chi connectivity index (χ4n) is 4.17. The Labute approximate surface area is 212 Å². The predicted octanol–water partition coefficient (Wildman–Crippen LogP) is 4.61. The first kappa shape index (κ1) is 25.5. The molecule has 0 N–H and O–H groups in total. The zero-order valence-corrected chi connectivity index (χ0v) is 21.2. The van der Waals surface area contributed by atoms with Gasteiger partial charge >= 0.3 is 0 Å². The normalized spacial score (nSPS) is 18.8. The molecule has 1 atom stereocenters. The highest BCUT2D eigenvalue weighted by Crippen LogP contribution is 2.23. The number of hydrogen-bond acceptors (Lipinski definition) is 6. The third kappa shape index (κ3) is 7.45. The largest absolute Gasteiger partial charge is 0.494 e. The highest BCUT2D eigenvalue weighted by molar-refractivity contribution is 6.30. The summed E-state index contributed by atoms with van der Waals surface area (Å²) in [5.74, 6) is 2.64. The summed E-state index contributed by atoms with van der Waals surface area (Å²) in [7, 11) is 1.72. The van der Waals surface area contributed by atoms with E-state index in [9.17, 15) is 0 Å². The molecule has 1 aromatic heterocycles. The lowest BCUT2D eigenvalue weighted by Gasteiger charge is -2.34. The second-order valence-corrected chi connectivity index (χ2v) is 9.35. The minimum absolute atomic E-state index is 0.381. The third-order valence-corrected chi connectivity index (χ3v) is 6.46. The Bertz CT molecular complexity index is 1060. The van der Waals surface area contributed by atoms with Gasteiger partial charge in [-0.2, -0.15) is 0 Å². The summed E-state index contributed by atoms with van der Waals surface area (Å²) < 4.78 is 25.9. The molecular weight excluding hydrogens is 466 g/mol. The van der Waals surface area contributed by atoms with Crippen LogP contribution in [0, 0.1) is 6.92 Å². The summed E-state index contributed by atoms with van der Waals surface area (Å²) in [5, 5.41) is 0.647. The number of ether oxygens (including phenoxy) is 4. The fraction of sp³-hybridized carbons (Fsp3) is 0.444.